The Morgan fingerprint density at radius 3 is 2.40 bits per heavy atom. The summed E-state index contributed by atoms with van der Waals surface area (Å²) in [5, 5.41) is 8.63. The molecule has 54 valence electrons. The molecule has 0 saturated carbocycles. The van der Waals surface area contributed by atoms with Crippen molar-refractivity contribution in [1.82, 2.24) is 4.90 Å². The van der Waals surface area contributed by atoms with Crippen molar-refractivity contribution in [3.63, 3.8) is 0 Å². The van der Waals surface area contributed by atoms with Gasteiger partial charge in [-0.3, -0.25) is 0 Å². The van der Waals surface area contributed by atoms with E-state index in [0.29, 0.717) is 0 Å². The molecule has 1 rings (SSSR count). The van der Waals surface area contributed by atoms with Crippen LogP contribution in [0.2, 0.25) is 0 Å². The highest BCUT2D eigenvalue weighted by Gasteiger charge is 1.86. The molecule has 0 N–H and O–H groups in total. The van der Waals surface area contributed by atoms with Crippen LogP contribution in [0, 0.1) is 10.7 Å². The molecule has 3 heteroatoms. The van der Waals surface area contributed by atoms with Crippen LogP contribution in [0.3, 0.4) is 0 Å². The second kappa shape index (κ2) is 6.24. The van der Waals surface area contributed by atoms with Crippen molar-refractivity contribution >= 4 is 12.6 Å². The van der Waals surface area contributed by atoms with Crippen LogP contribution in [0.15, 0.2) is 24.4 Å². The zero-order chi connectivity index (χ0) is 7.82. The number of hydrogen-bond acceptors (Lipinski definition) is 3. The van der Waals surface area contributed by atoms with E-state index in [1.807, 2.05) is 6.08 Å². The summed E-state index contributed by atoms with van der Waals surface area (Å²) in [6, 6.07) is 0. The third-order valence-corrected chi connectivity index (χ3v) is 0.981. The van der Waals surface area contributed by atoms with Gasteiger partial charge < -0.3 is 4.90 Å². The zero-order valence-electron chi connectivity index (χ0n) is 5.86. The maximum atomic E-state index is 7.18. The number of hydrogen-bond donors (Lipinski definition) is 1. The van der Waals surface area contributed by atoms with Crippen LogP contribution in [0.5, 0.6) is 0 Å². The summed E-state index contributed by atoms with van der Waals surface area (Å²) in [7, 11) is 2.06. The number of rotatable bonds is 0. The number of thiocyanates is 1. The smallest absolute Gasteiger partial charge is 0.130 e. The summed E-state index contributed by atoms with van der Waals surface area (Å²) in [6.07, 6.45) is 8.27. The second-order valence-electron chi connectivity index (χ2n) is 1.81. The summed E-state index contributed by atoms with van der Waals surface area (Å²) < 4.78 is 0. The molecule has 1 aliphatic heterocycles. The summed E-state index contributed by atoms with van der Waals surface area (Å²) in [5.74, 6) is 0. The normalized spacial score (nSPS) is 13.5. The fourth-order valence-electron chi connectivity index (χ4n) is 0.563. The first-order valence-corrected chi connectivity index (χ1v) is 3.32. The van der Waals surface area contributed by atoms with Gasteiger partial charge in [-0.2, -0.15) is 5.26 Å². The van der Waals surface area contributed by atoms with Crippen molar-refractivity contribution in [1.29, 1.82) is 5.26 Å². The van der Waals surface area contributed by atoms with Gasteiger partial charge in [0.2, 0.25) is 0 Å². The molecule has 0 unspecified atom stereocenters. The van der Waals surface area contributed by atoms with E-state index >= 15 is 0 Å². The molecule has 0 amide bonds. The van der Waals surface area contributed by atoms with Crippen molar-refractivity contribution in [2.24, 2.45) is 0 Å². The van der Waals surface area contributed by atoms with Crippen molar-refractivity contribution in [3.05, 3.63) is 24.4 Å². The highest BCUT2D eigenvalue weighted by molar-refractivity contribution is 7.85. The lowest BCUT2D eigenvalue weighted by molar-refractivity contribution is 0.505. The molecule has 0 aromatic carbocycles. The van der Waals surface area contributed by atoms with E-state index in [2.05, 4.69) is 42.9 Å². The lowest BCUT2D eigenvalue weighted by Gasteiger charge is -2.11. The first-order chi connectivity index (χ1) is 4.81. The minimum absolute atomic E-state index is 1.05. The molecule has 0 saturated heterocycles. The number of thiol groups is 1. The second-order valence-corrected chi connectivity index (χ2v) is 2.01. The first kappa shape index (κ1) is 9.12. The molecule has 10 heavy (non-hydrogen) atoms. The molecule has 0 atom stereocenters. The van der Waals surface area contributed by atoms with Crippen molar-refractivity contribution in [2.45, 2.75) is 0 Å². The molecular weight excluding hydrogens is 144 g/mol. The molecule has 0 aromatic rings. The molecule has 0 aromatic heterocycles. The average Bonchev–Trinajstić information content (AvgIpc) is 1.91. The molecule has 1 heterocycles. The van der Waals surface area contributed by atoms with E-state index in [0.717, 1.165) is 6.54 Å². The van der Waals surface area contributed by atoms with Gasteiger partial charge in [-0.05, 0) is 12.3 Å². The maximum Gasteiger partial charge on any atom is 0.130 e. The van der Waals surface area contributed by atoms with Crippen LogP contribution >= 0.6 is 12.6 Å². The Bertz CT molecular complexity index is 167. The van der Waals surface area contributed by atoms with Crippen LogP contribution in [-0.4, -0.2) is 18.5 Å². The molecule has 0 radical (unpaired) electrons. The Kier molecular flexibility index (Phi) is 5.69. The molecule has 0 aliphatic carbocycles. The van der Waals surface area contributed by atoms with E-state index in [4.69, 9.17) is 5.26 Å². The summed E-state index contributed by atoms with van der Waals surface area (Å²) in [4.78, 5) is 2.12. The van der Waals surface area contributed by atoms with Crippen LogP contribution in [0.4, 0.5) is 0 Å². The Hall–Kier alpha value is -0.880. The van der Waals surface area contributed by atoms with Crippen molar-refractivity contribution in [2.75, 3.05) is 13.6 Å². The monoisotopic (exact) mass is 154 g/mol. The van der Waals surface area contributed by atoms with Crippen LogP contribution < -0.4 is 0 Å². The quantitative estimate of drug-likeness (QED) is 0.422. The van der Waals surface area contributed by atoms with Crippen LogP contribution in [0.1, 0.15) is 0 Å². The SMILES string of the molecule is CN1C=CC=CC1.N#CS. The van der Waals surface area contributed by atoms with Crippen molar-refractivity contribution in [3.8, 4) is 5.40 Å². The van der Waals surface area contributed by atoms with E-state index in [1.165, 1.54) is 5.40 Å². The fraction of sp³-hybridized carbons (Fsp3) is 0.286. The molecular formula is C7H10N2S. The Morgan fingerprint density at radius 2 is 2.20 bits per heavy atom. The van der Waals surface area contributed by atoms with Gasteiger partial charge in [-0.15, -0.1) is 0 Å². The maximum absolute atomic E-state index is 7.18. The van der Waals surface area contributed by atoms with Crippen LogP contribution in [0.25, 0.3) is 0 Å². The topological polar surface area (TPSA) is 27.0 Å². The Balaban J connectivity index is 0.000000236. The molecule has 2 nitrogen and oxygen atoms in total. The minimum atomic E-state index is 1.05. The number of likely N-dealkylation sites (N-methyl/N-ethyl adjacent to an activating group) is 1. The van der Waals surface area contributed by atoms with Gasteiger partial charge in [0.25, 0.3) is 0 Å². The third-order valence-electron chi connectivity index (χ3n) is 0.981. The van der Waals surface area contributed by atoms with Crippen molar-refractivity contribution < 1.29 is 0 Å². The predicted octanol–water partition coefficient (Wildman–Crippen LogP) is 1.40. The van der Waals surface area contributed by atoms with Crippen LogP contribution in [-0.2, 0) is 0 Å². The highest BCUT2D eigenvalue weighted by Crippen LogP contribution is 1.91. The summed E-state index contributed by atoms with van der Waals surface area (Å²) in [6.45, 7) is 1.05. The van der Waals surface area contributed by atoms with Gasteiger partial charge >= 0.3 is 0 Å². The van der Waals surface area contributed by atoms with E-state index in [-0.39, 0.29) is 0 Å². The van der Waals surface area contributed by atoms with Gasteiger partial charge in [0.05, 0.1) is 0 Å². The third kappa shape index (κ3) is 5.26. The number of allylic oxidation sites excluding steroid dienone is 2. The van der Waals surface area contributed by atoms with Gasteiger partial charge in [-0.25, -0.2) is 0 Å². The molecule has 0 bridgehead atoms. The number of nitrogens with zero attached hydrogens (tertiary/aromatic N) is 2. The molecule has 0 spiro atoms. The van der Waals surface area contributed by atoms with E-state index < -0.39 is 0 Å². The van der Waals surface area contributed by atoms with Gasteiger partial charge in [0.15, 0.2) is 0 Å². The van der Waals surface area contributed by atoms with Gasteiger partial charge in [0, 0.05) is 13.6 Å². The number of nitriles is 1. The zero-order valence-corrected chi connectivity index (χ0v) is 6.75. The fourth-order valence-corrected chi connectivity index (χ4v) is 0.563. The Morgan fingerprint density at radius 1 is 1.60 bits per heavy atom. The highest BCUT2D eigenvalue weighted by atomic mass is 32.1. The lowest BCUT2D eigenvalue weighted by atomic mass is 10.4. The summed E-state index contributed by atoms with van der Waals surface area (Å²) in [5.41, 5.74) is 0. The molecule has 1 aliphatic rings. The first-order valence-electron chi connectivity index (χ1n) is 2.88. The molecule has 0 fully saturated rings. The average molecular weight is 154 g/mol. The largest absolute Gasteiger partial charge is 0.377 e. The summed E-state index contributed by atoms with van der Waals surface area (Å²) >= 11 is 3.09. The lowest BCUT2D eigenvalue weighted by Crippen LogP contribution is -2.11. The minimum Gasteiger partial charge on any atom is -0.377 e. The standard InChI is InChI=1S/C6H9N.CHNS/c1-7-5-3-2-4-6-7;2-1-3/h2-5H,6H2,1H3;3H. The van der Waals surface area contributed by atoms with Gasteiger partial charge in [0.1, 0.15) is 5.40 Å². The van der Waals surface area contributed by atoms with Gasteiger partial charge in [-0.1, -0.05) is 24.8 Å². The van der Waals surface area contributed by atoms with E-state index in [1.54, 1.807) is 0 Å². The predicted molar refractivity (Wildman–Crippen MR) is 45.5 cm³/mol. The Labute approximate surface area is 66.9 Å². The van der Waals surface area contributed by atoms with E-state index in [9.17, 15) is 0 Å².